The second-order valence-corrected chi connectivity index (χ2v) is 7.97. The Labute approximate surface area is 188 Å². The van der Waals surface area contributed by atoms with Crippen molar-refractivity contribution in [2.45, 2.75) is 32.1 Å². The number of amides is 3. The molecule has 1 heterocycles. The maximum absolute atomic E-state index is 12.9. The fraction of sp³-hybridized carbons (Fsp3) is 0.400. The Bertz CT molecular complexity index is 894. The number of aryl methyl sites for hydroxylation is 1. The van der Waals surface area contributed by atoms with Crippen molar-refractivity contribution in [1.29, 1.82) is 0 Å². The highest BCUT2D eigenvalue weighted by molar-refractivity contribution is 5.94. The van der Waals surface area contributed by atoms with Gasteiger partial charge >= 0.3 is 0 Å². The van der Waals surface area contributed by atoms with Crippen LogP contribution in [0, 0.1) is 5.82 Å². The predicted molar refractivity (Wildman–Crippen MR) is 121 cm³/mol. The molecular formula is C25H30FN3O3. The van der Waals surface area contributed by atoms with Crippen molar-refractivity contribution in [3.63, 3.8) is 0 Å². The smallest absolute Gasteiger partial charge is 0.251 e. The van der Waals surface area contributed by atoms with E-state index in [9.17, 15) is 18.8 Å². The summed E-state index contributed by atoms with van der Waals surface area (Å²) in [5, 5.41) is 2.75. The van der Waals surface area contributed by atoms with Gasteiger partial charge in [0, 0.05) is 51.1 Å². The molecule has 0 radical (unpaired) electrons. The summed E-state index contributed by atoms with van der Waals surface area (Å²) < 4.78 is 12.9. The number of hydrogen-bond acceptors (Lipinski definition) is 3. The SMILES string of the molecule is O=C(NCCCC(=O)N1CCN(C(=O)CCCc2ccccc2)CC1)c1ccc(F)cc1. The van der Waals surface area contributed by atoms with Gasteiger partial charge in [-0.15, -0.1) is 0 Å². The first-order chi connectivity index (χ1) is 15.5. The number of hydrogen-bond donors (Lipinski definition) is 1. The zero-order valence-electron chi connectivity index (χ0n) is 18.3. The lowest BCUT2D eigenvalue weighted by Crippen LogP contribution is -2.50. The number of carbonyl (C=O) groups is 3. The number of carbonyl (C=O) groups excluding carboxylic acids is 3. The average molecular weight is 440 g/mol. The van der Waals surface area contributed by atoms with E-state index in [-0.39, 0.29) is 23.5 Å². The Balaban J connectivity index is 1.28. The Morgan fingerprint density at radius 3 is 1.94 bits per heavy atom. The largest absolute Gasteiger partial charge is 0.352 e. The third kappa shape index (κ3) is 7.18. The van der Waals surface area contributed by atoms with E-state index in [0.29, 0.717) is 57.5 Å². The van der Waals surface area contributed by atoms with Gasteiger partial charge in [-0.2, -0.15) is 0 Å². The van der Waals surface area contributed by atoms with Gasteiger partial charge in [-0.1, -0.05) is 30.3 Å². The van der Waals surface area contributed by atoms with E-state index in [0.717, 1.165) is 12.8 Å². The Morgan fingerprint density at radius 2 is 1.34 bits per heavy atom. The lowest BCUT2D eigenvalue weighted by molar-refractivity contribution is -0.139. The molecule has 2 aromatic rings. The van der Waals surface area contributed by atoms with Gasteiger partial charge < -0.3 is 15.1 Å². The average Bonchev–Trinajstić information content (AvgIpc) is 2.82. The monoisotopic (exact) mass is 439 g/mol. The van der Waals surface area contributed by atoms with Crippen molar-refractivity contribution >= 4 is 17.7 Å². The van der Waals surface area contributed by atoms with Crippen molar-refractivity contribution in [3.8, 4) is 0 Å². The summed E-state index contributed by atoms with van der Waals surface area (Å²) in [5.74, 6) is -0.480. The normalized spacial score (nSPS) is 13.7. The molecule has 32 heavy (non-hydrogen) atoms. The third-order valence-electron chi connectivity index (χ3n) is 5.64. The summed E-state index contributed by atoms with van der Waals surface area (Å²) >= 11 is 0. The van der Waals surface area contributed by atoms with Crippen LogP contribution in [0.25, 0.3) is 0 Å². The van der Waals surface area contributed by atoms with Crippen LogP contribution in [0.3, 0.4) is 0 Å². The fourth-order valence-corrected chi connectivity index (χ4v) is 3.75. The van der Waals surface area contributed by atoms with E-state index >= 15 is 0 Å². The maximum Gasteiger partial charge on any atom is 0.251 e. The first-order valence-electron chi connectivity index (χ1n) is 11.2. The summed E-state index contributed by atoms with van der Waals surface area (Å²) in [6.45, 7) is 2.60. The van der Waals surface area contributed by atoms with Crippen LogP contribution in [0.4, 0.5) is 4.39 Å². The summed E-state index contributed by atoms with van der Waals surface area (Å²) in [7, 11) is 0. The standard InChI is InChI=1S/C25H30FN3O3/c26-22-13-11-21(12-14-22)25(32)27-15-5-10-24(31)29-18-16-28(17-19-29)23(30)9-4-8-20-6-2-1-3-7-20/h1-3,6-7,11-14H,4-5,8-10,15-19H2,(H,27,32). The van der Waals surface area contributed by atoms with Crippen LogP contribution in [0.1, 0.15) is 41.6 Å². The molecular weight excluding hydrogens is 409 g/mol. The van der Waals surface area contributed by atoms with Crippen molar-refractivity contribution in [2.24, 2.45) is 0 Å². The molecule has 0 saturated carbocycles. The number of halogens is 1. The molecule has 170 valence electrons. The number of nitrogens with one attached hydrogen (secondary N) is 1. The molecule has 1 aliphatic rings. The van der Waals surface area contributed by atoms with E-state index in [2.05, 4.69) is 17.4 Å². The molecule has 0 aromatic heterocycles. The molecule has 1 N–H and O–H groups in total. The Hall–Kier alpha value is -3.22. The zero-order chi connectivity index (χ0) is 22.8. The van der Waals surface area contributed by atoms with Gasteiger partial charge in [0.05, 0.1) is 0 Å². The van der Waals surface area contributed by atoms with Gasteiger partial charge in [0.25, 0.3) is 5.91 Å². The Morgan fingerprint density at radius 1 is 0.781 bits per heavy atom. The minimum Gasteiger partial charge on any atom is -0.352 e. The highest BCUT2D eigenvalue weighted by atomic mass is 19.1. The first kappa shape index (κ1) is 23.4. The lowest BCUT2D eigenvalue weighted by Gasteiger charge is -2.35. The minimum atomic E-state index is -0.388. The summed E-state index contributed by atoms with van der Waals surface area (Å²) in [5.41, 5.74) is 1.63. The molecule has 0 aliphatic carbocycles. The van der Waals surface area contributed by atoms with Crippen molar-refractivity contribution in [1.82, 2.24) is 15.1 Å². The van der Waals surface area contributed by atoms with Crippen LogP contribution >= 0.6 is 0 Å². The van der Waals surface area contributed by atoms with E-state index < -0.39 is 0 Å². The van der Waals surface area contributed by atoms with Crippen LogP contribution in [-0.2, 0) is 16.0 Å². The maximum atomic E-state index is 12.9. The summed E-state index contributed by atoms with van der Waals surface area (Å²) in [6.07, 6.45) is 3.12. The minimum absolute atomic E-state index is 0.0391. The van der Waals surface area contributed by atoms with Gasteiger partial charge in [-0.3, -0.25) is 14.4 Å². The topological polar surface area (TPSA) is 69.7 Å². The number of nitrogens with zero attached hydrogens (tertiary/aromatic N) is 2. The summed E-state index contributed by atoms with van der Waals surface area (Å²) in [4.78, 5) is 40.5. The van der Waals surface area contributed by atoms with Crippen LogP contribution in [0.5, 0.6) is 0 Å². The molecule has 2 aromatic carbocycles. The molecule has 0 atom stereocenters. The summed E-state index contributed by atoms with van der Waals surface area (Å²) in [6, 6.07) is 15.5. The molecule has 1 saturated heterocycles. The molecule has 1 aliphatic heterocycles. The second kappa shape index (κ2) is 12.0. The number of benzene rings is 2. The van der Waals surface area contributed by atoms with E-state index in [1.54, 1.807) is 4.90 Å². The fourth-order valence-electron chi connectivity index (χ4n) is 3.75. The van der Waals surface area contributed by atoms with E-state index in [4.69, 9.17) is 0 Å². The second-order valence-electron chi connectivity index (χ2n) is 7.97. The van der Waals surface area contributed by atoms with Crippen LogP contribution < -0.4 is 5.32 Å². The lowest BCUT2D eigenvalue weighted by atomic mass is 10.1. The number of rotatable bonds is 9. The van der Waals surface area contributed by atoms with Gasteiger partial charge in [0.1, 0.15) is 5.82 Å². The van der Waals surface area contributed by atoms with Gasteiger partial charge in [0.15, 0.2) is 0 Å². The first-order valence-corrected chi connectivity index (χ1v) is 11.2. The highest BCUT2D eigenvalue weighted by Gasteiger charge is 2.23. The molecule has 0 spiro atoms. The number of piperazine rings is 1. The molecule has 3 rings (SSSR count). The van der Waals surface area contributed by atoms with E-state index in [1.807, 2.05) is 23.1 Å². The van der Waals surface area contributed by atoms with Crippen molar-refractivity contribution in [2.75, 3.05) is 32.7 Å². The molecule has 7 heteroatoms. The van der Waals surface area contributed by atoms with Gasteiger partial charge in [-0.25, -0.2) is 4.39 Å². The molecule has 3 amide bonds. The third-order valence-corrected chi connectivity index (χ3v) is 5.64. The van der Waals surface area contributed by atoms with Gasteiger partial charge in [-0.05, 0) is 49.1 Å². The molecule has 6 nitrogen and oxygen atoms in total. The molecule has 0 unspecified atom stereocenters. The van der Waals surface area contributed by atoms with Crippen LogP contribution in [-0.4, -0.2) is 60.2 Å². The Kier molecular flexibility index (Phi) is 8.78. The van der Waals surface area contributed by atoms with E-state index in [1.165, 1.54) is 29.8 Å². The van der Waals surface area contributed by atoms with Crippen molar-refractivity contribution in [3.05, 3.63) is 71.5 Å². The van der Waals surface area contributed by atoms with Crippen LogP contribution in [0.15, 0.2) is 54.6 Å². The molecule has 0 bridgehead atoms. The predicted octanol–water partition coefficient (Wildman–Crippen LogP) is 3.03. The van der Waals surface area contributed by atoms with Crippen LogP contribution in [0.2, 0.25) is 0 Å². The van der Waals surface area contributed by atoms with Gasteiger partial charge in [0.2, 0.25) is 11.8 Å². The van der Waals surface area contributed by atoms with Crippen molar-refractivity contribution < 1.29 is 18.8 Å². The molecule has 1 fully saturated rings. The zero-order valence-corrected chi connectivity index (χ0v) is 18.3. The highest BCUT2D eigenvalue weighted by Crippen LogP contribution is 2.10. The quantitative estimate of drug-likeness (QED) is 0.611.